The van der Waals surface area contributed by atoms with E-state index in [0.717, 1.165) is 25.1 Å². The van der Waals surface area contributed by atoms with Gasteiger partial charge in [0.25, 0.3) is 0 Å². The van der Waals surface area contributed by atoms with Crippen molar-refractivity contribution >= 4 is 21.4 Å². The highest BCUT2D eigenvalue weighted by Gasteiger charge is 2.21. The minimum atomic E-state index is -3.34. The average Bonchev–Trinajstić information content (AvgIpc) is 3.08. The Morgan fingerprint density at radius 2 is 2.15 bits per heavy atom. The third-order valence-electron chi connectivity index (χ3n) is 3.14. The van der Waals surface area contributed by atoms with Crippen LogP contribution in [0.15, 0.2) is 15.7 Å². The molecule has 0 aromatic carbocycles. The van der Waals surface area contributed by atoms with Gasteiger partial charge in [0, 0.05) is 19.1 Å². The van der Waals surface area contributed by atoms with Gasteiger partial charge in [-0.05, 0) is 56.9 Å². The lowest BCUT2D eigenvalue weighted by Crippen LogP contribution is -2.26. The Hall–Kier alpha value is -0.470. The molecule has 0 bridgehead atoms. The first-order chi connectivity index (χ1) is 9.47. The van der Waals surface area contributed by atoms with Gasteiger partial charge in [0.05, 0.1) is 0 Å². The summed E-state index contributed by atoms with van der Waals surface area (Å²) in [5, 5.41) is 5.31. The molecule has 1 aliphatic carbocycles. The minimum Gasteiger partial charge on any atom is -0.310 e. The SMILES string of the molecule is CN(C)CCCNS(=O)(=O)c1cc(CNC2CC2)cs1. The molecule has 1 aromatic rings. The van der Waals surface area contributed by atoms with Crippen LogP contribution in [0.4, 0.5) is 0 Å². The quantitative estimate of drug-likeness (QED) is 0.673. The number of hydrogen-bond acceptors (Lipinski definition) is 5. The molecule has 1 aromatic heterocycles. The van der Waals surface area contributed by atoms with Crippen LogP contribution in [-0.2, 0) is 16.6 Å². The number of thiophene rings is 1. The maximum Gasteiger partial charge on any atom is 0.250 e. The summed E-state index contributed by atoms with van der Waals surface area (Å²) in [7, 11) is 0.620. The van der Waals surface area contributed by atoms with Gasteiger partial charge in [0.1, 0.15) is 4.21 Å². The van der Waals surface area contributed by atoms with Gasteiger partial charge >= 0.3 is 0 Å². The Labute approximate surface area is 125 Å². The summed E-state index contributed by atoms with van der Waals surface area (Å²) in [5.74, 6) is 0. The summed E-state index contributed by atoms with van der Waals surface area (Å²) in [6.45, 7) is 2.12. The van der Waals surface area contributed by atoms with E-state index in [4.69, 9.17) is 0 Å². The van der Waals surface area contributed by atoms with Crippen molar-refractivity contribution in [1.82, 2.24) is 14.9 Å². The zero-order valence-corrected chi connectivity index (χ0v) is 13.7. The van der Waals surface area contributed by atoms with Crippen molar-refractivity contribution in [3.63, 3.8) is 0 Å². The molecule has 1 saturated carbocycles. The van der Waals surface area contributed by atoms with Crippen LogP contribution in [0.2, 0.25) is 0 Å². The van der Waals surface area contributed by atoms with Crippen molar-refractivity contribution < 1.29 is 8.42 Å². The summed E-state index contributed by atoms with van der Waals surface area (Å²) in [4.78, 5) is 2.04. The van der Waals surface area contributed by atoms with Crippen molar-refractivity contribution in [3.05, 3.63) is 17.0 Å². The molecule has 20 heavy (non-hydrogen) atoms. The predicted octanol–water partition coefficient (Wildman–Crippen LogP) is 1.23. The molecule has 2 rings (SSSR count). The lowest BCUT2D eigenvalue weighted by atomic mass is 10.3. The molecule has 1 heterocycles. The average molecular weight is 317 g/mol. The molecule has 0 radical (unpaired) electrons. The van der Waals surface area contributed by atoms with E-state index in [1.54, 1.807) is 6.07 Å². The molecule has 0 spiro atoms. The maximum absolute atomic E-state index is 12.1. The Balaban J connectivity index is 1.81. The number of nitrogens with zero attached hydrogens (tertiary/aromatic N) is 1. The predicted molar refractivity (Wildman–Crippen MR) is 82.5 cm³/mol. The van der Waals surface area contributed by atoms with Crippen molar-refractivity contribution in [2.75, 3.05) is 27.2 Å². The second-order valence-corrected chi connectivity index (χ2v) is 8.39. The maximum atomic E-state index is 12.1. The van der Waals surface area contributed by atoms with Crippen molar-refractivity contribution in [2.45, 2.75) is 36.1 Å². The number of rotatable bonds is 9. The van der Waals surface area contributed by atoms with Crippen LogP contribution in [0.25, 0.3) is 0 Å². The second kappa shape index (κ2) is 7.00. The Morgan fingerprint density at radius 3 is 2.80 bits per heavy atom. The highest BCUT2D eigenvalue weighted by molar-refractivity contribution is 7.91. The Bertz CT molecular complexity index is 521. The first-order valence-electron chi connectivity index (χ1n) is 6.92. The van der Waals surface area contributed by atoms with E-state index >= 15 is 0 Å². The zero-order valence-electron chi connectivity index (χ0n) is 12.1. The van der Waals surface area contributed by atoms with Gasteiger partial charge in [-0.3, -0.25) is 0 Å². The van der Waals surface area contributed by atoms with E-state index < -0.39 is 10.0 Å². The van der Waals surface area contributed by atoms with E-state index in [0.29, 0.717) is 16.8 Å². The molecule has 0 aliphatic heterocycles. The highest BCUT2D eigenvalue weighted by atomic mass is 32.2. The van der Waals surface area contributed by atoms with Crippen LogP contribution in [0.5, 0.6) is 0 Å². The molecular formula is C13H23N3O2S2. The van der Waals surface area contributed by atoms with Crippen molar-refractivity contribution in [3.8, 4) is 0 Å². The summed E-state index contributed by atoms with van der Waals surface area (Å²) < 4.78 is 27.3. The van der Waals surface area contributed by atoms with Crippen LogP contribution in [0.3, 0.4) is 0 Å². The van der Waals surface area contributed by atoms with E-state index in [1.165, 1.54) is 24.2 Å². The lowest BCUT2D eigenvalue weighted by Gasteiger charge is -2.09. The molecule has 0 saturated heterocycles. The van der Waals surface area contributed by atoms with Gasteiger partial charge in [-0.25, -0.2) is 13.1 Å². The van der Waals surface area contributed by atoms with E-state index in [1.807, 2.05) is 24.4 Å². The lowest BCUT2D eigenvalue weighted by molar-refractivity contribution is 0.400. The summed E-state index contributed by atoms with van der Waals surface area (Å²) in [5.41, 5.74) is 1.05. The number of sulfonamides is 1. The Morgan fingerprint density at radius 1 is 1.40 bits per heavy atom. The van der Waals surface area contributed by atoms with Gasteiger partial charge in [0.2, 0.25) is 10.0 Å². The van der Waals surface area contributed by atoms with Crippen LogP contribution in [0, 0.1) is 0 Å². The third-order valence-corrected chi connectivity index (χ3v) is 6.09. The topological polar surface area (TPSA) is 61.4 Å². The van der Waals surface area contributed by atoms with Gasteiger partial charge in [-0.2, -0.15) is 0 Å². The zero-order chi connectivity index (χ0) is 14.6. The first-order valence-corrected chi connectivity index (χ1v) is 9.29. The van der Waals surface area contributed by atoms with Gasteiger partial charge in [-0.15, -0.1) is 11.3 Å². The smallest absolute Gasteiger partial charge is 0.250 e. The molecule has 2 N–H and O–H groups in total. The summed E-state index contributed by atoms with van der Waals surface area (Å²) in [6, 6.07) is 2.41. The number of nitrogens with one attached hydrogen (secondary N) is 2. The monoisotopic (exact) mass is 317 g/mol. The summed E-state index contributed by atoms with van der Waals surface area (Å²) >= 11 is 1.29. The molecule has 0 unspecified atom stereocenters. The molecule has 5 nitrogen and oxygen atoms in total. The van der Waals surface area contributed by atoms with Crippen LogP contribution >= 0.6 is 11.3 Å². The van der Waals surface area contributed by atoms with E-state index in [9.17, 15) is 8.42 Å². The van der Waals surface area contributed by atoms with Crippen LogP contribution in [-0.4, -0.2) is 46.5 Å². The molecule has 1 aliphatic rings. The second-order valence-electron chi connectivity index (χ2n) is 5.48. The first kappa shape index (κ1) is 15.9. The normalized spacial score (nSPS) is 15.9. The van der Waals surface area contributed by atoms with Gasteiger partial charge < -0.3 is 10.2 Å². The molecule has 7 heteroatoms. The highest BCUT2D eigenvalue weighted by Crippen LogP contribution is 2.22. The largest absolute Gasteiger partial charge is 0.310 e. The molecule has 114 valence electrons. The number of hydrogen-bond donors (Lipinski definition) is 2. The van der Waals surface area contributed by atoms with Gasteiger partial charge in [-0.1, -0.05) is 0 Å². The van der Waals surface area contributed by atoms with E-state index in [2.05, 4.69) is 10.0 Å². The molecule has 0 amide bonds. The molecular weight excluding hydrogens is 294 g/mol. The fraction of sp³-hybridized carbons (Fsp3) is 0.692. The minimum absolute atomic E-state index is 0.412. The Kier molecular flexibility index (Phi) is 5.57. The fourth-order valence-corrected chi connectivity index (χ4v) is 4.14. The standard InChI is InChI=1S/C13H23N3O2S2/c1-16(2)7-3-6-15-20(17,18)13-8-11(10-19-13)9-14-12-4-5-12/h8,10,12,14-15H,3-7,9H2,1-2H3. The van der Waals surface area contributed by atoms with Crippen molar-refractivity contribution in [2.24, 2.45) is 0 Å². The fourth-order valence-electron chi connectivity index (χ4n) is 1.81. The third kappa shape index (κ3) is 5.14. The van der Waals surface area contributed by atoms with Gasteiger partial charge in [0.15, 0.2) is 0 Å². The van der Waals surface area contributed by atoms with Crippen LogP contribution in [0.1, 0.15) is 24.8 Å². The molecule has 1 fully saturated rings. The van der Waals surface area contributed by atoms with Crippen LogP contribution < -0.4 is 10.0 Å². The molecule has 0 atom stereocenters. The summed E-state index contributed by atoms with van der Waals surface area (Å²) in [6.07, 6.45) is 3.29. The van der Waals surface area contributed by atoms with Crippen molar-refractivity contribution in [1.29, 1.82) is 0 Å². The van der Waals surface area contributed by atoms with E-state index in [-0.39, 0.29) is 0 Å².